The molecule has 0 spiro atoms. The van der Waals surface area contributed by atoms with Crippen LogP contribution in [0.15, 0.2) is 54.6 Å². The Labute approximate surface area is 297 Å². The van der Waals surface area contributed by atoms with E-state index in [2.05, 4.69) is 34.2 Å². The number of amides is 3. The van der Waals surface area contributed by atoms with Crippen LogP contribution in [0.2, 0.25) is 0 Å². The molecule has 3 aromatic rings. The zero-order chi connectivity index (χ0) is 36.3. The Hall–Kier alpha value is -4.83. The number of hydrogen-bond donors (Lipinski definition) is 2. The summed E-state index contributed by atoms with van der Waals surface area (Å²) in [4.78, 5) is 43.3. The Morgan fingerprint density at radius 1 is 1.06 bits per heavy atom. The van der Waals surface area contributed by atoms with Gasteiger partial charge in [0.05, 0.1) is 37.0 Å². The fourth-order valence-corrected chi connectivity index (χ4v) is 6.96. The van der Waals surface area contributed by atoms with Crippen molar-refractivity contribution in [2.75, 3.05) is 44.3 Å². The lowest BCUT2D eigenvalue weighted by Crippen LogP contribution is -2.52. The number of anilines is 1. The lowest BCUT2D eigenvalue weighted by molar-refractivity contribution is -0.136. The number of piperazine rings is 1. The minimum atomic E-state index is -0.905. The van der Waals surface area contributed by atoms with Crippen molar-refractivity contribution in [1.82, 2.24) is 15.1 Å². The van der Waals surface area contributed by atoms with Crippen LogP contribution in [-0.2, 0) is 33.9 Å². The second-order valence-electron chi connectivity index (χ2n) is 14.1. The maximum Gasteiger partial charge on any atom is 0.255 e. The first-order valence-electron chi connectivity index (χ1n) is 17.4. The lowest BCUT2D eigenvalue weighted by Gasteiger charge is -2.39. The molecule has 0 aliphatic carbocycles. The van der Waals surface area contributed by atoms with Gasteiger partial charge in [0.15, 0.2) is 0 Å². The van der Waals surface area contributed by atoms with Crippen LogP contribution in [-0.4, -0.2) is 83.7 Å². The largest absolute Gasteiger partial charge is 0.488 e. The molecule has 0 saturated carbocycles. The van der Waals surface area contributed by atoms with Crippen molar-refractivity contribution in [1.29, 1.82) is 5.26 Å². The SMILES string of the molecule is CC(c1ccc(COc2cccc3c2CN([C@H]2CCC(=O)NC2=O)C3=O)c(F)c1)N1CCN(c2ccc(C#N)c(CCOCC(C)(C)O)c2)CC1. The number of aliphatic hydroxyl groups is 1. The third-order valence-electron chi connectivity index (χ3n) is 9.89. The van der Waals surface area contributed by atoms with Crippen LogP contribution in [0.25, 0.3) is 0 Å². The van der Waals surface area contributed by atoms with Crippen molar-refractivity contribution in [3.05, 3.63) is 93.8 Å². The number of halogens is 1. The molecule has 3 aromatic carbocycles. The summed E-state index contributed by atoms with van der Waals surface area (Å²) >= 11 is 0. The predicted octanol–water partition coefficient (Wildman–Crippen LogP) is 4.25. The molecular weight excluding hydrogens is 653 g/mol. The van der Waals surface area contributed by atoms with E-state index in [0.717, 1.165) is 43.0 Å². The van der Waals surface area contributed by atoms with Crippen LogP contribution in [0.3, 0.4) is 0 Å². The summed E-state index contributed by atoms with van der Waals surface area (Å²) in [7, 11) is 0. The lowest BCUT2D eigenvalue weighted by atomic mass is 10.0. The molecule has 3 heterocycles. The minimum absolute atomic E-state index is 0.0114. The molecule has 11 nitrogen and oxygen atoms in total. The molecule has 3 aliphatic heterocycles. The van der Waals surface area contributed by atoms with Gasteiger partial charge < -0.3 is 24.4 Å². The second kappa shape index (κ2) is 15.2. The molecule has 2 saturated heterocycles. The van der Waals surface area contributed by atoms with Gasteiger partial charge in [-0.1, -0.05) is 18.2 Å². The number of fused-ring (bicyclic) bond motifs is 1. The minimum Gasteiger partial charge on any atom is -0.488 e. The van der Waals surface area contributed by atoms with Gasteiger partial charge in [0, 0.05) is 61.0 Å². The highest BCUT2D eigenvalue weighted by atomic mass is 19.1. The zero-order valence-electron chi connectivity index (χ0n) is 29.3. The van der Waals surface area contributed by atoms with Gasteiger partial charge in [-0.3, -0.25) is 24.6 Å². The Kier molecular flexibility index (Phi) is 10.7. The van der Waals surface area contributed by atoms with E-state index in [0.29, 0.717) is 41.0 Å². The fraction of sp³-hybridized carbons (Fsp3) is 0.436. The third kappa shape index (κ3) is 8.22. The number of nitrogens with zero attached hydrogens (tertiary/aromatic N) is 4. The summed E-state index contributed by atoms with van der Waals surface area (Å²) in [6.45, 7) is 9.38. The number of benzene rings is 3. The van der Waals surface area contributed by atoms with E-state index < -0.39 is 17.6 Å². The molecule has 51 heavy (non-hydrogen) atoms. The average Bonchev–Trinajstić information content (AvgIpc) is 3.45. The van der Waals surface area contributed by atoms with E-state index in [4.69, 9.17) is 9.47 Å². The molecule has 6 rings (SSSR count). The van der Waals surface area contributed by atoms with Gasteiger partial charge in [-0.05, 0) is 81.1 Å². The Balaban J connectivity index is 1.03. The van der Waals surface area contributed by atoms with Crippen LogP contribution in [0.5, 0.6) is 5.75 Å². The molecule has 0 bridgehead atoms. The van der Waals surface area contributed by atoms with Crippen molar-refractivity contribution >= 4 is 23.4 Å². The molecule has 0 radical (unpaired) electrons. The molecule has 2 fully saturated rings. The number of hydrogen-bond acceptors (Lipinski definition) is 9. The van der Waals surface area contributed by atoms with Crippen molar-refractivity contribution in [3.63, 3.8) is 0 Å². The standard InChI is InChI=1S/C39H44FN5O6/c1-25(43-14-16-44(17-15-43)30-10-9-28(21-41)27(19-30)13-18-50-24-39(2,3)49)26-7-8-29(33(40)20-26)23-51-35-6-4-5-31-32(35)22-45(38(31)48)34-11-12-36(46)42-37(34)47/h4-10,19-20,25,34,49H,11-18,22-24H2,1-3H3,(H,42,46,47)/t25?,34-/m0/s1. The van der Waals surface area contributed by atoms with Gasteiger partial charge in [-0.2, -0.15) is 5.26 Å². The van der Waals surface area contributed by atoms with Crippen LogP contribution < -0.4 is 15.0 Å². The summed E-state index contributed by atoms with van der Waals surface area (Å²) in [6, 6.07) is 17.8. The average molecular weight is 698 g/mol. The van der Waals surface area contributed by atoms with Gasteiger partial charge in [-0.25, -0.2) is 4.39 Å². The van der Waals surface area contributed by atoms with Gasteiger partial charge >= 0.3 is 0 Å². The van der Waals surface area contributed by atoms with Gasteiger partial charge in [0.1, 0.15) is 24.2 Å². The predicted molar refractivity (Wildman–Crippen MR) is 187 cm³/mol. The normalized spacial score (nSPS) is 18.7. The Morgan fingerprint density at radius 2 is 1.84 bits per heavy atom. The van der Waals surface area contributed by atoms with Gasteiger partial charge in [-0.15, -0.1) is 0 Å². The fourth-order valence-electron chi connectivity index (χ4n) is 6.96. The molecule has 3 amide bonds. The highest BCUT2D eigenvalue weighted by Crippen LogP contribution is 2.34. The van der Waals surface area contributed by atoms with E-state index in [9.17, 15) is 24.8 Å². The second-order valence-corrected chi connectivity index (χ2v) is 14.1. The summed E-state index contributed by atoms with van der Waals surface area (Å²) in [5, 5.41) is 21.8. The summed E-state index contributed by atoms with van der Waals surface area (Å²) in [5.41, 5.74) is 4.02. The Morgan fingerprint density at radius 3 is 2.55 bits per heavy atom. The number of nitrogens with one attached hydrogen (secondary N) is 1. The first kappa shape index (κ1) is 36.0. The van der Waals surface area contributed by atoms with Crippen molar-refractivity contribution < 1.29 is 33.4 Å². The highest BCUT2D eigenvalue weighted by molar-refractivity contribution is 6.05. The van der Waals surface area contributed by atoms with E-state index in [1.807, 2.05) is 18.2 Å². The topological polar surface area (TPSA) is 135 Å². The number of carbonyl (C=O) groups is 3. The summed E-state index contributed by atoms with van der Waals surface area (Å²) in [5.74, 6) is -1.02. The smallest absolute Gasteiger partial charge is 0.255 e. The monoisotopic (exact) mass is 697 g/mol. The number of ether oxygens (including phenoxy) is 2. The van der Waals surface area contributed by atoms with Gasteiger partial charge in [0.2, 0.25) is 11.8 Å². The van der Waals surface area contributed by atoms with Crippen molar-refractivity contribution in [2.45, 2.75) is 70.9 Å². The number of rotatable bonds is 12. The van der Waals surface area contributed by atoms with Crippen molar-refractivity contribution in [3.8, 4) is 11.8 Å². The molecule has 3 aliphatic rings. The maximum absolute atomic E-state index is 15.5. The number of nitriles is 1. The molecule has 1 unspecified atom stereocenters. The van der Waals surface area contributed by atoms with Crippen LogP contribution >= 0.6 is 0 Å². The van der Waals surface area contributed by atoms with E-state index in [1.54, 1.807) is 44.2 Å². The number of carbonyl (C=O) groups excluding carboxylic acids is 3. The highest BCUT2D eigenvalue weighted by Gasteiger charge is 2.40. The van der Waals surface area contributed by atoms with E-state index in [1.165, 1.54) is 4.90 Å². The van der Waals surface area contributed by atoms with Crippen LogP contribution in [0.1, 0.15) is 77.8 Å². The Bertz CT molecular complexity index is 1840. The molecule has 12 heteroatoms. The van der Waals surface area contributed by atoms with Gasteiger partial charge in [0.25, 0.3) is 5.91 Å². The first-order chi connectivity index (χ1) is 24.4. The number of imide groups is 1. The van der Waals surface area contributed by atoms with Crippen LogP contribution in [0, 0.1) is 17.1 Å². The third-order valence-corrected chi connectivity index (χ3v) is 9.89. The first-order valence-corrected chi connectivity index (χ1v) is 17.4. The van der Waals surface area contributed by atoms with E-state index >= 15 is 4.39 Å². The zero-order valence-corrected chi connectivity index (χ0v) is 29.3. The summed E-state index contributed by atoms with van der Waals surface area (Å²) < 4.78 is 27.1. The number of piperidine rings is 1. The van der Waals surface area contributed by atoms with Crippen LogP contribution in [0.4, 0.5) is 10.1 Å². The molecule has 0 aromatic heterocycles. The quantitative estimate of drug-likeness (QED) is 0.210. The molecule has 2 atom stereocenters. The van der Waals surface area contributed by atoms with E-state index in [-0.39, 0.29) is 56.3 Å². The molecular formula is C39H44FN5O6. The molecule has 268 valence electrons. The maximum atomic E-state index is 15.5. The summed E-state index contributed by atoms with van der Waals surface area (Å²) in [6.07, 6.45) is 1.02. The molecule has 2 N–H and O–H groups in total. The van der Waals surface area contributed by atoms with Crippen molar-refractivity contribution in [2.24, 2.45) is 0 Å².